The summed E-state index contributed by atoms with van der Waals surface area (Å²) in [5.41, 5.74) is 8.07. The maximum atomic E-state index is 13.4. The van der Waals surface area contributed by atoms with Gasteiger partial charge in [0.25, 0.3) is 0 Å². The molecule has 1 atom stereocenters. The van der Waals surface area contributed by atoms with E-state index >= 15 is 0 Å². The number of alkyl halides is 3. The molecule has 0 unspecified atom stereocenters. The maximum absolute atomic E-state index is 13.4. The topological polar surface area (TPSA) is 170 Å². The van der Waals surface area contributed by atoms with Crippen LogP contribution >= 0.6 is 0 Å². The van der Waals surface area contributed by atoms with Crippen LogP contribution in [0, 0.1) is 11.3 Å². The SMILES string of the molecule is N=C(N)c1ccc(CCC(=O)O)c(OC[C@H]2CCCN2C(=O)C2CCN(c3ccncc3)CC2)c1.O=C(O)C(F)(F)F. The Balaban J connectivity index is 0.000000616. The number of nitrogens with two attached hydrogens (primary N) is 1. The van der Waals surface area contributed by atoms with Gasteiger partial charge >= 0.3 is 18.1 Å². The van der Waals surface area contributed by atoms with Crippen molar-refractivity contribution >= 4 is 29.4 Å². The molecule has 2 fully saturated rings. The minimum atomic E-state index is -5.08. The van der Waals surface area contributed by atoms with Crippen molar-refractivity contribution in [3.8, 4) is 5.75 Å². The highest BCUT2D eigenvalue weighted by Gasteiger charge is 2.38. The number of pyridine rings is 1. The van der Waals surface area contributed by atoms with Crippen molar-refractivity contribution in [2.45, 2.75) is 50.7 Å². The number of anilines is 1. The summed E-state index contributed by atoms with van der Waals surface area (Å²) in [5.74, 6) is -2.96. The molecule has 5 N–H and O–H groups in total. The van der Waals surface area contributed by atoms with Crippen LogP contribution < -0.4 is 15.4 Å². The van der Waals surface area contributed by atoms with Crippen molar-refractivity contribution in [3.63, 3.8) is 0 Å². The fourth-order valence-corrected chi connectivity index (χ4v) is 4.96. The third kappa shape index (κ3) is 9.08. The molecule has 2 aliphatic heterocycles. The van der Waals surface area contributed by atoms with Crippen molar-refractivity contribution in [1.82, 2.24) is 9.88 Å². The first kappa shape index (κ1) is 32.2. The minimum absolute atomic E-state index is 0.0119. The number of rotatable bonds is 9. The summed E-state index contributed by atoms with van der Waals surface area (Å²) in [4.78, 5) is 41.7. The van der Waals surface area contributed by atoms with Gasteiger partial charge < -0.3 is 30.5 Å². The lowest BCUT2D eigenvalue weighted by molar-refractivity contribution is -0.192. The first-order valence-corrected chi connectivity index (χ1v) is 13.4. The van der Waals surface area contributed by atoms with Crippen molar-refractivity contribution in [1.29, 1.82) is 5.41 Å². The molecule has 2 aliphatic rings. The van der Waals surface area contributed by atoms with Crippen LogP contribution in [-0.4, -0.2) is 82.2 Å². The summed E-state index contributed by atoms with van der Waals surface area (Å²) in [5, 5.41) is 23.9. The molecule has 0 aliphatic carbocycles. The second kappa shape index (κ2) is 14.5. The van der Waals surface area contributed by atoms with E-state index in [4.69, 9.17) is 30.9 Å². The number of aryl methyl sites for hydroxylation is 1. The zero-order chi connectivity index (χ0) is 30.9. The number of carbonyl (C=O) groups excluding carboxylic acids is 1. The number of amidine groups is 1. The average molecular weight is 594 g/mol. The molecule has 228 valence electrons. The number of ether oxygens (including phenoxy) is 1. The second-order valence-corrected chi connectivity index (χ2v) is 10.0. The predicted molar refractivity (Wildman–Crippen MR) is 147 cm³/mol. The lowest BCUT2D eigenvalue weighted by atomic mass is 9.94. The van der Waals surface area contributed by atoms with E-state index < -0.39 is 18.1 Å². The Morgan fingerprint density at radius 1 is 1.05 bits per heavy atom. The van der Waals surface area contributed by atoms with Crippen LogP contribution in [0.2, 0.25) is 0 Å². The number of nitrogen functional groups attached to an aromatic ring is 1. The molecule has 0 radical (unpaired) electrons. The summed E-state index contributed by atoms with van der Waals surface area (Å²) in [6.45, 7) is 2.76. The van der Waals surface area contributed by atoms with Gasteiger partial charge in [0.05, 0.1) is 6.04 Å². The monoisotopic (exact) mass is 593 g/mol. The highest BCUT2D eigenvalue weighted by atomic mass is 19.4. The summed E-state index contributed by atoms with van der Waals surface area (Å²) >= 11 is 0. The summed E-state index contributed by atoms with van der Waals surface area (Å²) in [7, 11) is 0. The Labute approximate surface area is 240 Å². The van der Waals surface area contributed by atoms with Gasteiger partial charge in [0.2, 0.25) is 5.91 Å². The number of hydrogen-bond acceptors (Lipinski definition) is 7. The third-order valence-electron chi connectivity index (χ3n) is 7.19. The first-order valence-electron chi connectivity index (χ1n) is 13.4. The smallest absolute Gasteiger partial charge is 0.490 e. The van der Waals surface area contributed by atoms with Gasteiger partial charge in [0.1, 0.15) is 18.2 Å². The standard InChI is InChI=1S/C26H33N5O4.C2HF3O2/c27-25(28)20-4-3-18(5-6-24(32)33)23(16-20)35-17-22-2-1-13-31(22)26(34)19-9-14-30(15-10-19)21-7-11-29-12-8-21;3-2(4,5)1(6)7/h3-4,7-8,11-12,16,19,22H,1-2,5-6,9-10,13-15,17H2,(H3,27,28)(H,32,33);(H,6,7)/t22-;/m1./s1. The fraction of sp³-hybridized carbons (Fsp3) is 0.464. The summed E-state index contributed by atoms with van der Waals surface area (Å²) in [6.07, 6.45) is 2.28. The molecule has 11 nitrogen and oxygen atoms in total. The van der Waals surface area contributed by atoms with Crippen LogP contribution in [0.3, 0.4) is 0 Å². The number of benzene rings is 1. The molecule has 4 rings (SSSR count). The van der Waals surface area contributed by atoms with Crippen LogP contribution in [0.5, 0.6) is 5.75 Å². The highest BCUT2D eigenvalue weighted by Crippen LogP contribution is 2.29. The number of aliphatic carboxylic acids is 2. The first-order chi connectivity index (χ1) is 19.9. The average Bonchev–Trinajstić information content (AvgIpc) is 3.43. The number of nitrogens with one attached hydrogen (secondary N) is 1. The van der Waals surface area contributed by atoms with Crippen LogP contribution in [0.15, 0.2) is 42.7 Å². The van der Waals surface area contributed by atoms with Gasteiger partial charge in [0, 0.05) is 55.6 Å². The Morgan fingerprint density at radius 2 is 1.69 bits per heavy atom. The number of carboxylic acids is 2. The van der Waals surface area contributed by atoms with E-state index in [0.717, 1.165) is 56.6 Å². The van der Waals surface area contributed by atoms with E-state index in [2.05, 4.69) is 9.88 Å². The molecule has 2 aromatic rings. The number of halogens is 3. The molecular weight excluding hydrogens is 559 g/mol. The van der Waals surface area contributed by atoms with Gasteiger partial charge in [-0.25, -0.2) is 4.79 Å². The van der Waals surface area contributed by atoms with E-state index in [-0.39, 0.29) is 30.1 Å². The summed E-state index contributed by atoms with van der Waals surface area (Å²) < 4.78 is 37.9. The number of nitrogens with zero attached hydrogens (tertiary/aromatic N) is 3. The van der Waals surface area contributed by atoms with E-state index in [9.17, 15) is 22.8 Å². The number of likely N-dealkylation sites (tertiary alicyclic amines) is 1. The zero-order valence-corrected chi connectivity index (χ0v) is 22.8. The van der Waals surface area contributed by atoms with Gasteiger partial charge in [-0.05, 0) is 55.9 Å². The number of hydrogen-bond donors (Lipinski definition) is 4. The zero-order valence-electron chi connectivity index (χ0n) is 22.8. The van der Waals surface area contributed by atoms with Gasteiger partial charge in [0.15, 0.2) is 0 Å². The fourth-order valence-electron chi connectivity index (χ4n) is 4.96. The molecule has 1 aromatic heterocycles. The van der Waals surface area contributed by atoms with Crippen LogP contribution in [-0.2, 0) is 20.8 Å². The molecular formula is C28H34F3N5O6. The van der Waals surface area contributed by atoms with Crippen LogP contribution in [0.1, 0.15) is 43.2 Å². The van der Waals surface area contributed by atoms with Gasteiger partial charge in [-0.15, -0.1) is 0 Å². The molecule has 1 aromatic carbocycles. The van der Waals surface area contributed by atoms with Crippen molar-refractivity contribution < 1.29 is 42.5 Å². The van der Waals surface area contributed by atoms with Crippen molar-refractivity contribution in [3.05, 3.63) is 53.9 Å². The molecule has 0 saturated carbocycles. The normalized spacial score (nSPS) is 17.3. The Bertz CT molecular complexity index is 1250. The third-order valence-corrected chi connectivity index (χ3v) is 7.19. The largest absolute Gasteiger partial charge is 0.491 e. The van der Waals surface area contributed by atoms with Gasteiger partial charge in [-0.1, -0.05) is 12.1 Å². The molecule has 1 amide bonds. The lowest BCUT2D eigenvalue weighted by Crippen LogP contribution is -2.46. The molecule has 0 bridgehead atoms. The van der Waals surface area contributed by atoms with E-state index in [1.165, 1.54) is 0 Å². The molecule has 14 heteroatoms. The molecule has 3 heterocycles. The predicted octanol–water partition coefficient (Wildman–Crippen LogP) is 3.30. The van der Waals surface area contributed by atoms with Crippen molar-refractivity contribution in [2.24, 2.45) is 11.7 Å². The van der Waals surface area contributed by atoms with Crippen molar-refractivity contribution in [2.75, 3.05) is 31.1 Å². The molecule has 42 heavy (non-hydrogen) atoms. The van der Waals surface area contributed by atoms with E-state index in [1.54, 1.807) is 30.6 Å². The van der Waals surface area contributed by atoms with Crippen LogP contribution in [0.4, 0.5) is 18.9 Å². The lowest BCUT2D eigenvalue weighted by Gasteiger charge is -2.36. The highest BCUT2D eigenvalue weighted by molar-refractivity contribution is 5.95. The molecule has 2 saturated heterocycles. The number of carbonyl (C=O) groups is 3. The number of carboxylic acid groups (broad SMARTS) is 2. The minimum Gasteiger partial charge on any atom is -0.491 e. The van der Waals surface area contributed by atoms with Gasteiger partial charge in [-0.3, -0.25) is 20.0 Å². The maximum Gasteiger partial charge on any atom is 0.490 e. The number of aromatic nitrogens is 1. The Morgan fingerprint density at radius 3 is 2.26 bits per heavy atom. The number of amides is 1. The van der Waals surface area contributed by atoms with E-state index in [0.29, 0.717) is 24.3 Å². The van der Waals surface area contributed by atoms with Gasteiger partial charge in [-0.2, -0.15) is 13.2 Å². The number of piperidine rings is 1. The van der Waals surface area contributed by atoms with E-state index in [1.807, 2.05) is 17.0 Å². The quantitative estimate of drug-likeness (QED) is 0.252. The summed E-state index contributed by atoms with van der Waals surface area (Å²) in [6, 6.07) is 9.15. The Kier molecular flexibility index (Phi) is 11.1. The van der Waals surface area contributed by atoms with Crippen LogP contribution in [0.25, 0.3) is 0 Å². The second-order valence-electron chi connectivity index (χ2n) is 10.0. The Hall–Kier alpha value is -4.36. The molecule has 0 spiro atoms.